The number of rotatable bonds is 7. The molecule has 0 N–H and O–H groups in total. The predicted molar refractivity (Wildman–Crippen MR) is 130 cm³/mol. The largest absolute Gasteiger partial charge is 0.493 e. The molecule has 0 fully saturated rings. The molecular formula is C27H28N2O5. The minimum atomic E-state index is -0.371. The lowest BCUT2D eigenvalue weighted by molar-refractivity contribution is -0.141. The SMILES string of the molecule is COC(=O)CN1C(c2ccc(OC)c(OC)c2OC)=Nc2ccc(C)cc2[C@H]1c1ccccc1. The fourth-order valence-corrected chi connectivity index (χ4v) is 4.32. The summed E-state index contributed by atoms with van der Waals surface area (Å²) in [6.07, 6.45) is 0. The fraction of sp³-hybridized carbons (Fsp3) is 0.259. The average molecular weight is 461 g/mol. The highest BCUT2D eigenvalue weighted by atomic mass is 16.5. The zero-order valence-electron chi connectivity index (χ0n) is 20.0. The molecule has 1 aliphatic heterocycles. The lowest BCUT2D eigenvalue weighted by Gasteiger charge is -2.38. The van der Waals surface area contributed by atoms with Crippen molar-refractivity contribution in [3.63, 3.8) is 0 Å². The zero-order chi connectivity index (χ0) is 24.2. The molecule has 4 rings (SSSR count). The predicted octanol–water partition coefficient (Wildman–Crippen LogP) is 4.68. The molecule has 176 valence electrons. The Balaban J connectivity index is 2.01. The number of carbonyl (C=O) groups is 1. The van der Waals surface area contributed by atoms with Gasteiger partial charge in [-0.1, -0.05) is 48.0 Å². The number of nitrogens with zero attached hydrogens (tertiary/aromatic N) is 2. The normalized spacial score (nSPS) is 14.7. The molecule has 0 aliphatic carbocycles. The standard InChI is InChI=1S/C27H28N2O5/c1-17-11-13-21-20(15-17)24(18-9-7-6-8-10-18)29(16-23(30)32-3)27(28-21)19-12-14-22(31-2)26(34-5)25(19)33-4/h6-15,24H,16H2,1-5H3/t24-/m1/s1. The number of carbonyl (C=O) groups excluding carboxylic acids is 1. The van der Waals surface area contributed by atoms with Gasteiger partial charge in [0.1, 0.15) is 12.4 Å². The second-order valence-electron chi connectivity index (χ2n) is 7.90. The van der Waals surface area contributed by atoms with E-state index in [1.54, 1.807) is 27.4 Å². The first-order valence-corrected chi connectivity index (χ1v) is 10.9. The number of methoxy groups -OCH3 is 4. The molecule has 0 saturated heterocycles. The summed E-state index contributed by atoms with van der Waals surface area (Å²) in [6.45, 7) is 2.04. The molecule has 0 unspecified atom stereocenters. The van der Waals surface area contributed by atoms with Gasteiger partial charge < -0.3 is 23.8 Å². The second-order valence-corrected chi connectivity index (χ2v) is 7.90. The van der Waals surface area contributed by atoms with Gasteiger partial charge in [-0.3, -0.25) is 4.79 Å². The summed E-state index contributed by atoms with van der Waals surface area (Å²) in [5.41, 5.74) is 4.66. The van der Waals surface area contributed by atoms with Crippen LogP contribution in [0, 0.1) is 6.92 Å². The van der Waals surface area contributed by atoms with Crippen LogP contribution in [0.25, 0.3) is 0 Å². The molecule has 0 amide bonds. The number of hydrogen-bond donors (Lipinski definition) is 0. The Morgan fingerprint density at radius 2 is 1.65 bits per heavy atom. The first kappa shape index (κ1) is 23.2. The summed E-state index contributed by atoms with van der Waals surface area (Å²) in [5.74, 6) is 1.67. The van der Waals surface area contributed by atoms with Crippen molar-refractivity contribution in [2.24, 2.45) is 4.99 Å². The highest BCUT2D eigenvalue weighted by Gasteiger charge is 2.35. The van der Waals surface area contributed by atoms with Gasteiger partial charge in [0.05, 0.1) is 45.7 Å². The van der Waals surface area contributed by atoms with Crippen molar-refractivity contribution < 1.29 is 23.7 Å². The summed E-state index contributed by atoms with van der Waals surface area (Å²) in [6, 6.07) is 19.6. The lowest BCUT2D eigenvalue weighted by atomic mass is 9.91. The van der Waals surface area contributed by atoms with Gasteiger partial charge in [0, 0.05) is 5.56 Å². The zero-order valence-corrected chi connectivity index (χ0v) is 20.0. The third-order valence-corrected chi connectivity index (χ3v) is 5.88. The first-order chi connectivity index (χ1) is 16.5. The number of benzene rings is 3. The van der Waals surface area contributed by atoms with Crippen LogP contribution in [0.3, 0.4) is 0 Å². The van der Waals surface area contributed by atoms with E-state index in [1.165, 1.54) is 7.11 Å². The van der Waals surface area contributed by atoms with E-state index in [0.717, 1.165) is 22.4 Å². The van der Waals surface area contributed by atoms with E-state index in [2.05, 4.69) is 18.2 Å². The van der Waals surface area contributed by atoms with Crippen molar-refractivity contribution in [2.75, 3.05) is 35.0 Å². The number of amidine groups is 1. The highest BCUT2D eigenvalue weighted by Crippen LogP contribution is 2.45. The molecule has 1 heterocycles. The van der Waals surface area contributed by atoms with E-state index in [4.69, 9.17) is 23.9 Å². The third-order valence-electron chi connectivity index (χ3n) is 5.88. The van der Waals surface area contributed by atoms with E-state index in [1.807, 2.05) is 48.2 Å². The first-order valence-electron chi connectivity index (χ1n) is 10.9. The van der Waals surface area contributed by atoms with Crippen LogP contribution < -0.4 is 14.2 Å². The quantitative estimate of drug-likeness (QED) is 0.477. The molecule has 7 nitrogen and oxygen atoms in total. The number of ether oxygens (including phenoxy) is 4. The molecule has 0 radical (unpaired) electrons. The Morgan fingerprint density at radius 1 is 0.912 bits per heavy atom. The maximum atomic E-state index is 12.6. The van der Waals surface area contributed by atoms with Gasteiger partial charge in [-0.25, -0.2) is 4.99 Å². The molecule has 0 bridgehead atoms. The maximum Gasteiger partial charge on any atom is 0.325 e. The molecular weight excluding hydrogens is 432 g/mol. The van der Waals surface area contributed by atoms with Crippen LogP contribution in [0.2, 0.25) is 0 Å². The van der Waals surface area contributed by atoms with Crippen molar-refractivity contribution in [3.8, 4) is 17.2 Å². The minimum Gasteiger partial charge on any atom is -0.493 e. The van der Waals surface area contributed by atoms with Gasteiger partial charge in [-0.15, -0.1) is 0 Å². The van der Waals surface area contributed by atoms with Crippen molar-refractivity contribution in [2.45, 2.75) is 13.0 Å². The molecule has 0 spiro atoms. The lowest BCUT2D eigenvalue weighted by Crippen LogP contribution is -2.42. The van der Waals surface area contributed by atoms with Crippen LogP contribution in [0.5, 0.6) is 17.2 Å². The Bertz CT molecular complexity index is 1220. The van der Waals surface area contributed by atoms with Crippen LogP contribution in [0.1, 0.15) is 28.3 Å². The van der Waals surface area contributed by atoms with Crippen molar-refractivity contribution in [3.05, 3.63) is 82.9 Å². The maximum absolute atomic E-state index is 12.6. The molecule has 1 aliphatic rings. The topological polar surface area (TPSA) is 69.6 Å². The molecule has 3 aromatic carbocycles. The monoisotopic (exact) mass is 460 g/mol. The van der Waals surface area contributed by atoms with Crippen molar-refractivity contribution >= 4 is 17.5 Å². The molecule has 1 atom stereocenters. The molecule has 0 saturated carbocycles. The number of aliphatic imine (C=N–C) groups is 1. The van der Waals surface area contributed by atoms with Gasteiger partial charge in [0.2, 0.25) is 5.75 Å². The van der Waals surface area contributed by atoms with Gasteiger partial charge in [0.25, 0.3) is 0 Å². The van der Waals surface area contributed by atoms with Crippen molar-refractivity contribution in [1.29, 1.82) is 0 Å². The summed E-state index contributed by atoms with van der Waals surface area (Å²) in [5, 5.41) is 0. The van der Waals surface area contributed by atoms with E-state index in [-0.39, 0.29) is 18.6 Å². The number of esters is 1. The average Bonchev–Trinajstić information content (AvgIpc) is 2.87. The van der Waals surface area contributed by atoms with E-state index >= 15 is 0 Å². The fourth-order valence-electron chi connectivity index (χ4n) is 4.32. The minimum absolute atomic E-state index is 0.000223. The Labute approximate surface area is 199 Å². The molecule has 7 heteroatoms. The van der Waals surface area contributed by atoms with E-state index in [0.29, 0.717) is 28.6 Å². The van der Waals surface area contributed by atoms with E-state index in [9.17, 15) is 4.79 Å². The molecule has 34 heavy (non-hydrogen) atoms. The molecule has 3 aromatic rings. The van der Waals surface area contributed by atoms with Gasteiger partial charge in [-0.2, -0.15) is 0 Å². The van der Waals surface area contributed by atoms with Crippen LogP contribution in [-0.4, -0.2) is 51.7 Å². The van der Waals surface area contributed by atoms with Crippen LogP contribution in [0.15, 0.2) is 65.7 Å². The number of aryl methyl sites for hydroxylation is 1. The van der Waals surface area contributed by atoms with Crippen LogP contribution >= 0.6 is 0 Å². The Kier molecular flexibility index (Phi) is 6.72. The summed E-state index contributed by atoms with van der Waals surface area (Å²) >= 11 is 0. The Hall–Kier alpha value is -4.00. The highest BCUT2D eigenvalue weighted by molar-refractivity contribution is 6.06. The third kappa shape index (κ3) is 4.17. The summed E-state index contributed by atoms with van der Waals surface area (Å²) < 4.78 is 21.9. The van der Waals surface area contributed by atoms with Crippen LogP contribution in [-0.2, 0) is 9.53 Å². The van der Waals surface area contributed by atoms with Gasteiger partial charge in [-0.05, 0) is 30.7 Å². The number of fused-ring (bicyclic) bond motifs is 1. The van der Waals surface area contributed by atoms with Gasteiger partial charge >= 0.3 is 5.97 Å². The summed E-state index contributed by atoms with van der Waals surface area (Å²) in [7, 11) is 6.09. The second kappa shape index (κ2) is 9.87. The van der Waals surface area contributed by atoms with Crippen LogP contribution in [0.4, 0.5) is 5.69 Å². The van der Waals surface area contributed by atoms with Crippen molar-refractivity contribution in [1.82, 2.24) is 4.90 Å². The number of hydrogen-bond acceptors (Lipinski definition) is 7. The van der Waals surface area contributed by atoms with E-state index < -0.39 is 0 Å². The molecule has 0 aromatic heterocycles. The summed E-state index contributed by atoms with van der Waals surface area (Å²) in [4.78, 5) is 19.5. The van der Waals surface area contributed by atoms with Gasteiger partial charge in [0.15, 0.2) is 11.5 Å². The Morgan fingerprint density at radius 3 is 2.29 bits per heavy atom. The smallest absolute Gasteiger partial charge is 0.325 e.